The molecule has 2 rings (SSSR count). The second-order valence-corrected chi connectivity index (χ2v) is 7.66. The number of fused-ring (bicyclic) bond motifs is 1. The Morgan fingerprint density at radius 1 is 1.35 bits per heavy atom. The number of ether oxygens (including phenoxy) is 1. The van der Waals surface area contributed by atoms with Crippen LogP contribution in [0.3, 0.4) is 0 Å². The van der Waals surface area contributed by atoms with Crippen molar-refractivity contribution in [2.45, 2.75) is 33.2 Å². The molecule has 0 aliphatic carbocycles. The van der Waals surface area contributed by atoms with Crippen LogP contribution in [0.15, 0.2) is 30.0 Å². The maximum Gasteiger partial charge on any atom is 0.266 e. The second-order valence-electron chi connectivity index (χ2n) is 5.07. The molecule has 7 heteroatoms. The summed E-state index contributed by atoms with van der Waals surface area (Å²) in [7, 11) is -4.18. The number of hydrogen-bond acceptors (Lipinski definition) is 5. The zero-order chi connectivity index (χ0) is 16.9. The Kier molecular flexibility index (Phi) is 6.15. The molecule has 0 bridgehead atoms. The molecule has 126 valence electrons. The zero-order valence-corrected chi connectivity index (χ0v) is 15.0. The lowest BCUT2D eigenvalue weighted by Gasteiger charge is -2.05. The summed E-state index contributed by atoms with van der Waals surface area (Å²) in [5.74, 6) is 0.545. The van der Waals surface area contributed by atoms with E-state index in [1.54, 1.807) is 11.3 Å². The van der Waals surface area contributed by atoms with Gasteiger partial charge in [-0.1, -0.05) is 30.4 Å². The predicted molar refractivity (Wildman–Crippen MR) is 91.1 cm³/mol. The molecular formula is C16H21NO4S2. The number of hydrogen-bond donors (Lipinski definition) is 0. The Labute approximate surface area is 141 Å². The number of benzene rings is 1. The van der Waals surface area contributed by atoms with E-state index in [1.165, 1.54) is 0 Å². The van der Waals surface area contributed by atoms with E-state index < -0.39 is 10.1 Å². The van der Waals surface area contributed by atoms with E-state index in [1.807, 2.05) is 44.2 Å². The summed E-state index contributed by atoms with van der Waals surface area (Å²) in [4.78, 5) is 0. The maximum atomic E-state index is 10.8. The third-order valence-corrected chi connectivity index (χ3v) is 5.28. The third kappa shape index (κ3) is 5.02. The third-order valence-electron chi connectivity index (χ3n) is 3.38. The van der Waals surface area contributed by atoms with Crippen LogP contribution in [-0.4, -0.2) is 25.3 Å². The van der Waals surface area contributed by atoms with E-state index >= 15 is 0 Å². The van der Waals surface area contributed by atoms with Crippen LogP contribution >= 0.6 is 11.3 Å². The number of para-hydroxylation sites is 1. The largest absolute Gasteiger partial charge is 0.748 e. The van der Waals surface area contributed by atoms with Gasteiger partial charge >= 0.3 is 0 Å². The molecule has 0 spiro atoms. The van der Waals surface area contributed by atoms with Gasteiger partial charge in [0, 0.05) is 24.7 Å². The Morgan fingerprint density at radius 2 is 2.09 bits per heavy atom. The fourth-order valence-electron chi connectivity index (χ4n) is 2.36. The van der Waals surface area contributed by atoms with Gasteiger partial charge in [-0.25, -0.2) is 8.42 Å². The first kappa shape index (κ1) is 17.9. The SMILES string of the molecule is CCO/C(=C/c1sc2ccccc2[n+]1CCCS(=O)(=O)[O-])CC. The molecule has 23 heavy (non-hydrogen) atoms. The number of aromatic nitrogens is 1. The molecule has 0 N–H and O–H groups in total. The highest BCUT2D eigenvalue weighted by Gasteiger charge is 2.19. The molecule has 0 saturated heterocycles. The Hall–Kier alpha value is -1.44. The number of aryl methyl sites for hydroxylation is 1. The summed E-state index contributed by atoms with van der Waals surface area (Å²) in [5, 5.41) is 1.000. The quantitative estimate of drug-likeness (QED) is 0.415. The molecule has 0 aliphatic heterocycles. The van der Waals surface area contributed by atoms with Crippen molar-refractivity contribution in [3.8, 4) is 0 Å². The summed E-state index contributed by atoms with van der Waals surface area (Å²) >= 11 is 1.63. The molecule has 1 aromatic heterocycles. The average molecular weight is 355 g/mol. The first-order chi connectivity index (χ1) is 10.9. The number of nitrogens with zero attached hydrogens (tertiary/aromatic N) is 1. The highest BCUT2D eigenvalue weighted by atomic mass is 32.2. The minimum absolute atomic E-state index is 0.300. The van der Waals surface area contributed by atoms with E-state index in [0.717, 1.165) is 27.4 Å². The van der Waals surface area contributed by atoms with E-state index in [0.29, 0.717) is 19.6 Å². The van der Waals surface area contributed by atoms with Crippen molar-refractivity contribution >= 4 is 37.7 Å². The molecule has 1 heterocycles. The van der Waals surface area contributed by atoms with Gasteiger partial charge in [0.1, 0.15) is 10.5 Å². The molecule has 5 nitrogen and oxygen atoms in total. The lowest BCUT2D eigenvalue weighted by Crippen LogP contribution is -2.36. The van der Waals surface area contributed by atoms with Crippen molar-refractivity contribution in [1.29, 1.82) is 0 Å². The Balaban J connectivity index is 2.37. The van der Waals surface area contributed by atoms with Gasteiger partial charge in [0.15, 0.2) is 6.54 Å². The highest BCUT2D eigenvalue weighted by molar-refractivity contribution is 7.85. The number of allylic oxidation sites excluding steroid dienone is 1. The second kappa shape index (κ2) is 7.90. The minimum atomic E-state index is -4.18. The van der Waals surface area contributed by atoms with Gasteiger partial charge in [-0.3, -0.25) is 0 Å². The van der Waals surface area contributed by atoms with E-state index in [2.05, 4.69) is 4.57 Å². The molecule has 2 aromatic rings. The van der Waals surface area contributed by atoms with E-state index in [-0.39, 0.29) is 5.75 Å². The van der Waals surface area contributed by atoms with Crippen molar-refractivity contribution in [2.75, 3.05) is 12.4 Å². The van der Waals surface area contributed by atoms with Crippen molar-refractivity contribution in [1.82, 2.24) is 0 Å². The molecule has 0 aliphatic rings. The van der Waals surface area contributed by atoms with Crippen LogP contribution in [0.5, 0.6) is 0 Å². The molecule has 0 unspecified atom stereocenters. The van der Waals surface area contributed by atoms with Crippen molar-refractivity contribution in [3.63, 3.8) is 0 Å². The first-order valence-corrected chi connectivity index (χ1v) is 10.0. The van der Waals surface area contributed by atoms with Crippen LogP contribution in [0.1, 0.15) is 31.7 Å². The summed E-state index contributed by atoms with van der Waals surface area (Å²) in [5.41, 5.74) is 1.04. The first-order valence-electron chi connectivity index (χ1n) is 7.63. The van der Waals surface area contributed by atoms with Crippen LogP contribution in [0.4, 0.5) is 0 Å². The van der Waals surface area contributed by atoms with Crippen LogP contribution in [0.2, 0.25) is 0 Å². The topological polar surface area (TPSA) is 70.3 Å². The monoisotopic (exact) mass is 355 g/mol. The summed E-state index contributed by atoms with van der Waals surface area (Å²) in [6, 6.07) is 7.96. The number of rotatable bonds is 8. The smallest absolute Gasteiger partial charge is 0.266 e. The molecule has 0 atom stereocenters. The molecule has 0 saturated carbocycles. The summed E-state index contributed by atoms with van der Waals surface area (Å²) in [6.45, 7) is 5.07. The van der Waals surface area contributed by atoms with Crippen molar-refractivity contribution in [2.24, 2.45) is 0 Å². The molecular weight excluding hydrogens is 334 g/mol. The Bertz CT molecular complexity index is 794. The van der Waals surface area contributed by atoms with Gasteiger partial charge in [-0.05, 0) is 13.0 Å². The molecule has 0 amide bonds. The van der Waals surface area contributed by atoms with Crippen molar-refractivity contribution < 1.29 is 22.3 Å². The highest BCUT2D eigenvalue weighted by Crippen LogP contribution is 2.23. The van der Waals surface area contributed by atoms with Crippen LogP contribution in [0.25, 0.3) is 16.3 Å². The average Bonchev–Trinajstić information content (AvgIpc) is 2.83. The van der Waals surface area contributed by atoms with Crippen LogP contribution in [-0.2, 0) is 21.4 Å². The fourth-order valence-corrected chi connectivity index (χ4v) is 3.99. The summed E-state index contributed by atoms with van der Waals surface area (Å²) < 4.78 is 41.3. The standard InChI is InChI=1S/C16H21NO4S2/c1-3-13(21-4-2)12-16-17(10-7-11-23(18,19)20)14-8-5-6-9-15(14)22-16/h5-6,8-9,12H,3-4,7,10-11H2,1-2H3/b13-12+. The minimum Gasteiger partial charge on any atom is -0.748 e. The van der Waals surface area contributed by atoms with Gasteiger partial charge in [-0.15, -0.1) is 0 Å². The van der Waals surface area contributed by atoms with Gasteiger partial charge in [0.25, 0.3) is 5.01 Å². The van der Waals surface area contributed by atoms with E-state index in [4.69, 9.17) is 4.74 Å². The fraction of sp³-hybridized carbons (Fsp3) is 0.438. The maximum absolute atomic E-state index is 10.8. The van der Waals surface area contributed by atoms with Crippen LogP contribution in [0, 0.1) is 0 Å². The Morgan fingerprint density at radius 3 is 2.74 bits per heavy atom. The normalized spacial score (nSPS) is 12.7. The van der Waals surface area contributed by atoms with Crippen LogP contribution < -0.4 is 4.57 Å². The van der Waals surface area contributed by atoms with E-state index in [9.17, 15) is 13.0 Å². The summed E-state index contributed by atoms with van der Waals surface area (Å²) in [6.07, 6.45) is 3.09. The lowest BCUT2D eigenvalue weighted by atomic mass is 10.3. The van der Waals surface area contributed by atoms with Gasteiger partial charge in [-0.2, -0.15) is 4.57 Å². The van der Waals surface area contributed by atoms with Gasteiger partial charge < -0.3 is 9.29 Å². The molecule has 0 radical (unpaired) electrons. The predicted octanol–water partition coefficient (Wildman–Crippen LogP) is 2.91. The molecule has 0 fully saturated rings. The van der Waals surface area contributed by atoms with Crippen molar-refractivity contribution in [3.05, 3.63) is 35.0 Å². The molecule has 1 aromatic carbocycles. The zero-order valence-electron chi connectivity index (χ0n) is 13.3. The van der Waals surface area contributed by atoms with Gasteiger partial charge in [0.2, 0.25) is 5.52 Å². The number of thiazole rings is 1. The van der Waals surface area contributed by atoms with Gasteiger partial charge in [0.05, 0.1) is 22.8 Å². The lowest BCUT2D eigenvalue weighted by molar-refractivity contribution is -0.668.